The Morgan fingerprint density at radius 2 is 1.84 bits per heavy atom. The van der Waals surface area contributed by atoms with Crippen molar-refractivity contribution in [2.24, 2.45) is 0 Å². The van der Waals surface area contributed by atoms with Crippen LogP contribution in [0, 0.1) is 5.82 Å². The molecule has 4 nitrogen and oxygen atoms in total. The molecule has 8 heteroatoms. The zero-order chi connectivity index (χ0) is 14.8. The average molecular weight is 279 g/mol. The van der Waals surface area contributed by atoms with Crippen molar-refractivity contribution in [3.05, 3.63) is 35.1 Å². The molecule has 0 saturated carbocycles. The molecule has 19 heavy (non-hydrogen) atoms. The van der Waals surface area contributed by atoms with Crippen molar-refractivity contribution in [1.29, 1.82) is 0 Å². The van der Waals surface area contributed by atoms with Crippen molar-refractivity contribution in [2.75, 3.05) is 0 Å². The highest BCUT2D eigenvalue weighted by Gasteiger charge is 2.32. The van der Waals surface area contributed by atoms with Crippen LogP contribution in [0.25, 0.3) is 0 Å². The number of hydrogen-bond acceptors (Lipinski definition) is 2. The van der Waals surface area contributed by atoms with Crippen LogP contribution in [0.3, 0.4) is 0 Å². The van der Waals surface area contributed by atoms with Crippen molar-refractivity contribution in [1.82, 2.24) is 5.32 Å². The summed E-state index contributed by atoms with van der Waals surface area (Å²) in [5.74, 6) is -3.69. The van der Waals surface area contributed by atoms with Crippen molar-refractivity contribution in [3.8, 4) is 0 Å². The molecule has 0 aromatic heterocycles. The first-order chi connectivity index (χ1) is 8.61. The van der Waals surface area contributed by atoms with E-state index in [2.05, 4.69) is 0 Å². The van der Waals surface area contributed by atoms with Crippen LogP contribution >= 0.6 is 0 Å². The molecule has 0 fully saturated rings. The average Bonchev–Trinajstić information content (AvgIpc) is 2.26. The van der Waals surface area contributed by atoms with Gasteiger partial charge in [-0.15, -0.1) is 0 Å². The largest absolute Gasteiger partial charge is 0.480 e. The molecule has 0 bridgehead atoms. The second-order valence-electron chi connectivity index (χ2n) is 3.76. The Bertz CT molecular complexity index is 513. The summed E-state index contributed by atoms with van der Waals surface area (Å²) < 4.78 is 50.2. The molecule has 0 radical (unpaired) electrons. The number of alkyl halides is 3. The van der Waals surface area contributed by atoms with E-state index < -0.39 is 41.0 Å². The van der Waals surface area contributed by atoms with Gasteiger partial charge in [0.05, 0.1) is 5.56 Å². The van der Waals surface area contributed by atoms with Crippen LogP contribution in [-0.4, -0.2) is 23.0 Å². The van der Waals surface area contributed by atoms with Gasteiger partial charge < -0.3 is 10.4 Å². The van der Waals surface area contributed by atoms with Crippen LogP contribution in [0.5, 0.6) is 0 Å². The lowest BCUT2D eigenvalue weighted by Gasteiger charge is -2.11. The Kier molecular flexibility index (Phi) is 4.13. The number of carbonyl (C=O) groups is 2. The lowest BCUT2D eigenvalue weighted by molar-refractivity contribution is -0.139. The Morgan fingerprint density at radius 1 is 1.26 bits per heavy atom. The van der Waals surface area contributed by atoms with Gasteiger partial charge in [0.1, 0.15) is 11.9 Å². The van der Waals surface area contributed by atoms with Gasteiger partial charge in [0.15, 0.2) is 0 Å². The van der Waals surface area contributed by atoms with E-state index in [-0.39, 0.29) is 6.07 Å². The number of amides is 1. The zero-order valence-electron chi connectivity index (χ0n) is 9.58. The van der Waals surface area contributed by atoms with Gasteiger partial charge in [0.25, 0.3) is 5.91 Å². The minimum absolute atomic E-state index is 0.247. The van der Waals surface area contributed by atoms with Gasteiger partial charge in [0, 0.05) is 5.56 Å². The van der Waals surface area contributed by atoms with Gasteiger partial charge >= 0.3 is 12.1 Å². The topological polar surface area (TPSA) is 66.4 Å². The maximum Gasteiger partial charge on any atom is 0.416 e. The predicted molar refractivity (Wildman–Crippen MR) is 56.0 cm³/mol. The maximum atomic E-state index is 13.0. The van der Waals surface area contributed by atoms with Crippen molar-refractivity contribution in [2.45, 2.75) is 19.1 Å². The summed E-state index contributed by atoms with van der Waals surface area (Å²) in [5, 5.41) is 10.5. The SMILES string of the molecule is C[C@@H](NC(=O)c1cc(F)cc(C(F)(F)F)c1)C(=O)O. The number of hydrogen-bond donors (Lipinski definition) is 2. The summed E-state index contributed by atoms with van der Waals surface area (Å²) in [4.78, 5) is 22.0. The molecule has 0 saturated heterocycles. The smallest absolute Gasteiger partial charge is 0.416 e. The second-order valence-corrected chi connectivity index (χ2v) is 3.76. The third-order valence-corrected chi connectivity index (χ3v) is 2.21. The number of rotatable bonds is 3. The lowest BCUT2D eigenvalue weighted by atomic mass is 10.1. The Hall–Kier alpha value is -2.12. The predicted octanol–water partition coefficient (Wildman–Crippen LogP) is 2.05. The van der Waals surface area contributed by atoms with Crippen molar-refractivity contribution in [3.63, 3.8) is 0 Å². The van der Waals surface area contributed by atoms with E-state index in [0.29, 0.717) is 12.1 Å². The molecule has 1 atom stereocenters. The molecule has 1 rings (SSSR count). The first-order valence-corrected chi connectivity index (χ1v) is 5.02. The van der Waals surface area contributed by atoms with Gasteiger partial charge in [-0.05, 0) is 25.1 Å². The first-order valence-electron chi connectivity index (χ1n) is 5.02. The number of benzene rings is 1. The summed E-state index contributed by atoms with van der Waals surface area (Å²) in [6.45, 7) is 1.13. The number of aliphatic carboxylic acids is 1. The van der Waals surface area contributed by atoms with Crippen LogP contribution in [0.2, 0.25) is 0 Å². The molecule has 1 amide bonds. The molecule has 0 aliphatic rings. The number of nitrogens with one attached hydrogen (secondary N) is 1. The van der Waals surface area contributed by atoms with E-state index >= 15 is 0 Å². The molecule has 1 aromatic rings. The molecule has 1 aromatic carbocycles. The highest BCUT2D eigenvalue weighted by atomic mass is 19.4. The quantitative estimate of drug-likeness (QED) is 0.832. The molecule has 2 N–H and O–H groups in total. The first kappa shape index (κ1) is 14.9. The molecule has 0 unspecified atom stereocenters. The van der Waals surface area contributed by atoms with Gasteiger partial charge in [-0.25, -0.2) is 4.39 Å². The van der Waals surface area contributed by atoms with Gasteiger partial charge in [-0.1, -0.05) is 0 Å². The van der Waals surface area contributed by atoms with Gasteiger partial charge in [0.2, 0.25) is 0 Å². The van der Waals surface area contributed by atoms with E-state index in [1.807, 2.05) is 5.32 Å². The molecule has 0 spiro atoms. The maximum absolute atomic E-state index is 13.0. The minimum Gasteiger partial charge on any atom is -0.480 e. The van der Waals surface area contributed by atoms with Gasteiger partial charge in [-0.3, -0.25) is 9.59 Å². The summed E-state index contributed by atoms with van der Waals surface area (Å²) in [6.07, 6.45) is -4.80. The highest BCUT2D eigenvalue weighted by molar-refractivity contribution is 5.96. The molecular weight excluding hydrogens is 270 g/mol. The molecule has 0 aliphatic carbocycles. The van der Waals surface area contributed by atoms with E-state index in [1.54, 1.807) is 0 Å². The summed E-state index contributed by atoms with van der Waals surface area (Å²) in [7, 11) is 0. The van der Waals surface area contributed by atoms with E-state index in [4.69, 9.17) is 5.11 Å². The fraction of sp³-hybridized carbons (Fsp3) is 0.273. The number of halogens is 4. The summed E-state index contributed by atoms with van der Waals surface area (Å²) in [5.41, 5.74) is -1.92. The Morgan fingerprint density at radius 3 is 2.32 bits per heavy atom. The van der Waals surface area contributed by atoms with E-state index in [0.717, 1.165) is 6.92 Å². The number of carbonyl (C=O) groups excluding carboxylic acids is 1. The van der Waals surface area contributed by atoms with Crippen LogP contribution in [0.1, 0.15) is 22.8 Å². The zero-order valence-corrected chi connectivity index (χ0v) is 9.58. The lowest BCUT2D eigenvalue weighted by Crippen LogP contribution is -2.38. The monoisotopic (exact) mass is 279 g/mol. The molecular formula is C11H9F4NO3. The second kappa shape index (κ2) is 5.25. The third-order valence-electron chi connectivity index (χ3n) is 2.21. The van der Waals surface area contributed by atoms with Crippen LogP contribution in [-0.2, 0) is 11.0 Å². The van der Waals surface area contributed by atoms with Crippen molar-refractivity contribution < 1.29 is 32.3 Å². The number of carboxylic acids is 1. The minimum atomic E-state index is -4.80. The van der Waals surface area contributed by atoms with Crippen molar-refractivity contribution >= 4 is 11.9 Å². The highest BCUT2D eigenvalue weighted by Crippen LogP contribution is 2.30. The normalized spacial score (nSPS) is 12.9. The Labute approximate surface area is 105 Å². The Balaban J connectivity index is 3.04. The summed E-state index contributed by atoms with van der Waals surface area (Å²) >= 11 is 0. The standard InChI is InChI=1S/C11H9F4NO3/c1-5(10(18)19)16-9(17)6-2-7(11(13,14)15)4-8(12)3-6/h2-5H,1H3,(H,16,17)(H,18,19)/t5-/m1/s1. The van der Waals surface area contributed by atoms with E-state index in [1.165, 1.54) is 0 Å². The fourth-order valence-corrected chi connectivity index (χ4v) is 1.23. The molecule has 104 valence electrons. The fourth-order valence-electron chi connectivity index (χ4n) is 1.23. The van der Waals surface area contributed by atoms with Crippen LogP contribution < -0.4 is 5.32 Å². The van der Waals surface area contributed by atoms with Gasteiger partial charge in [-0.2, -0.15) is 13.2 Å². The van der Waals surface area contributed by atoms with E-state index in [9.17, 15) is 27.2 Å². The van der Waals surface area contributed by atoms with Crippen LogP contribution in [0.4, 0.5) is 17.6 Å². The molecule has 0 aliphatic heterocycles. The third kappa shape index (κ3) is 3.94. The molecule has 0 heterocycles. The summed E-state index contributed by atoms with van der Waals surface area (Å²) in [6, 6.07) is -0.00566. The van der Waals surface area contributed by atoms with Crippen LogP contribution in [0.15, 0.2) is 18.2 Å². The number of carboxylic acid groups (broad SMARTS) is 1.